The van der Waals surface area contributed by atoms with Crippen molar-refractivity contribution in [2.75, 3.05) is 25.9 Å². The Hall–Kier alpha value is -1.40. The second-order valence-electron chi connectivity index (χ2n) is 6.21. The van der Waals surface area contributed by atoms with Crippen LogP contribution in [-0.2, 0) is 21.4 Å². The lowest BCUT2D eigenvalue weighted by molar-refractivity contribution is -0.132. The molecular formula is C17H26N2O3S. The van der Waals surface area contributed by atoms with Crippen LogP contribution in [-0.4, -0.2) is 49.4 Å². The predicted molar refractivity (Wildman–Crippen MR) is 91.5 cm³/mol. The molecule has 0 aromatic heterocycles. The molecule has 1 heterocycles. The topological polar surface area (TPSA) is 57.7 Å². The zero-order valence-electron chi connectivity index (χ0n) is 14.0. The number of piperidine rings is 1. The smallest absolute Gasteiger partial charge is 0.223 e. The number of benzene rings is 1. The van der Waals surface area contributed by atoms with Gasteiger partial charge in [-0.3, -0.25) is 4.79 Å². The van der Waals surface area contributed by atoms with Gasteiger partial charge in [-0.2, -0.15) is 4.31 Å². The minimum Gasteiger partial charge on any atom is -0.343 e. The third-order valence-electron chi connectivity index (χ3n) is 4.36. The van der Waals surface area contributed by atoms with Crippen molar-refractivity contribution in [3.63, 3.8) is 0 Å². The van der Waals surface area contributed by atoms with E-state index in [2.05, 4.69) is 0 Å². The maximum atomic E-state index is 12.3. The van der Waals surface area contributed by atoms with Gasteiger partial charge in [0.05, 0.1) is 6.26 Å². The van der Waals surface area contributed by atoms with Crippen LogP contribution in [0.1, 0.15) is 36.8 Å². The number of sulfonamides is 1. The summed E-state index contributed by atoms with van der Waals surface area (Å²) in [5.41, 5.74) is 2.03. The summed E-state index contributed by atoms with van der Waals surface area (Å²) >= 11 is 0. The first-order valence-corrected chi connectivity index (χ1v) is 10.00. The van der Waals surface area contributed by atoms with Crippen molar-refractivity contribution in [3.05, 3.63) is 35.4 Å². The monoisotopic (exact) mass is 338 g/mol. The maximum Gasteiger partial charge on any atom is 0.223 e. The molecule has 0 atom stereocenters. The highest BCUT2D eigenvalue weighted by Gasteiger charge is 2.22. The molecule has 23 heavy (non-hydrogen) atoms. The van der Waals surface area contributed by atoms with Gasteiger partial charge < -0.3 is 4.90 Å². The number of hydrogen-bond acceptors (Lipinski definition) is 3. The van der Waals surface area contributed by atoms with E-state index < -0.39 is 10.0 Å². The molecule has 1 fully saturated rings. The second-order valence-corrected chi connectivity index (χ2v) is 8.20. The molecule has 1 saturated heterocycles. The Morgan fingerprint density at radius 3 is 2.43 bits per heavy atom. The molecule has 2 rings (SSSR count). The van der Waals surface area contributed by atoms with Crippen LogP contribution in [0.25, 0.3) is 0 Å². The number of nitrogens with zero attached hydrogens (tertiary/aromatic N) is 2. The van der Waals surface area contributed by atoms with Crippen molar-refractivity contribution >= 4 is 15.9 Å². The molecule has 0 radical (unpaired) electrons. The molecule has 1 amide bonds. The lowest BCUT2D eigenvalue weighted by Crippen LogP contribution is -2.39. The average molecular weight is 338 g/mol. The molecule has 5 nitrogen and oxygen atoms in total. The van der Waals surface area contributed by atoms with Gasteiger partial charge in [0, 0.05) is 32.6 Å². The number of carbonyl (C=O) groups excluding carboxylic acids is 1. The quantitative estimate of drug-likeness (QED) is 0.799. The number of likely N-dealkylation sites (tertiary alicyclic amines) is 1. The van der Waals surface area contributed by atoms with Crippen molar-refractivity contribution in [1.82, 2.24) is 9.21 Å². The van der Waals surface area contributed by atoms with E-state index in [0.717, 1.165) is 37.1 Å². The molecule has 1 aliphatic rings. The summed E-state index contributed by atoms with van der Waals surface area (Å²) in [6.45, 7) is 4.13. The second kappa shape index (κ2) is 7.93. The van der Waals surface area contributed by atoms with Crippen LogP contribution >= 0.6 is 0 Å². The van der Waals surface area contributed by atoms with Gasteiger partial charge in [0.1, 0.15) is 0 Å². The highest BCUT2D eigenvalue weighted by molar-refractivity contribution is 7.88. The fourth-order valence-corrected chi connectivity index (χ4v) is 3.66. The summed E-state index contributed by atoms with van der Waals surface area (Å²) in [5.74, 6) is 0.0585. The summed E-state index contributed by atoms with van der Waals surface area (Å²) in [6, 6.07) is 7.74. The Kier molecular flexibility index (Phi) is 6.18. The summed E-state index contributed by atoms with van der Waals surface area (Å²) < 4.78 is 25.5. The first-order chi connectivity index (χ1) is 10.9. The van der Waals surface area contributed by atoms with Crippen LogP contribution in [0.15, 0.2) is 24.3 Å². The van der Waals surface area contributed by atoms with Crippen molar-refractivity contribution < 1.29 is 13.2 Å². The van der Waals surface area contributed by atoms with Crippen LogP contribution in [0, 0.1) is 6.92 Å². The molecular weight excluding hydrogens is 312 g/mol. The van der Waals surface area contributed by atoms with Gasteiger partial charge in [0.2, 0.25) is 15.9 Å². The normalized spacial score (nSPS) is 15.9. The standard InChI is InChI=1S/C17H26N2O3S/c1-15-8-4-5-9-16(15)14-19(23(2,21)22)13-10-17(20)18-11-6-3-7-12-18/h4-5,8-9H,3,6-7,10-14H2,1-2H3. The molecule has 128 valence electrons. The van der Waals surface area contributed by atoms with Crippen LogP contribution < -0.4 is 0 Å². The van der Waals surface area contributed by atoms with Crippen molar-refractivity contribution in [2.24, 2.45) is 0 Å². The third kappa shape index (κ3) is 5.32. The average Bonchev–Trinajstić information content (AvgIpc) is 2.52. The molecule has 1 aliphatic heterocycles. The Bertz CT molecular complexity index is 637. The molecule has 0 saturated carbocycles. The van der Waals surface area contributed by atoms with E-state index in [1.807, 2.05) is 36.1 Å². The summed E-state index contributed by atoms with van der Waals surface area (Å²) in [7, 11) is -3.34. The molecule has 0 spiro atoms. The summed E-state index contributed by atoms with van der Waals surface area (Å²) in [6.07, 6.45) is 4.72. The molecule has 0 bridgehead atoms. The van der Waals surface area contributed by atoms with E-state index >= 15 is 0 Å². The highest BCUT2D eigenvalue weighted by atomic mass is 32.2. The van der Waals surface area contributed by atoms with Crippen LogP contribution in [0.2, 0.25) is 0 Å². The lowest BCUT2D eigenvalue weighted by atomic mass is 10.1. The Morgan fingerprint density at radius 1 is 1.17 bits per heavy atom. The summed E-state index contributed by atoms with van der Waals surface area (Å²) in [5, 5.41) is 0. The predicted octanol–water partition coefficient (Wildman–Crippen LogP) is 2.16. The van der Waals surface area contributed by atoms with E-state index in [9.17, 15) is 13.2 Å². The van der Waals surface area contributed by atoms with E-state index in [4.69, 9.17) is 0 Å². The van der Waals surface area contributed by atoms with Gasteiger partial charge in [0.15, 0.2) is 0 Å². The SMILES string of the molecule is Cc1ccccc1CN(CCC(=O)N1CCCCC1)S(C)(=O)=O. The van der Waals surface area contributed by atoms with Crippen molar-refractivity contribution in [1.29, 1.82) is 0 Å². The Morgan fingerprint density at radius 2 is 1.83 bits per heavy atom. The number of aryl methyl sites for hydroxylation is 1. The lowest BCUT2D eigenvalue weighted by Gasteiger charge is -2.28. The fraction of sp³-hybridized carbons (Fsp3) is 0.588. The van der Waals surface area contributed by atoms with Gasteiger partial charge >= 0.3 is 0 Å². The van der Waals surface area contributed by atoms with Gasteiger partial charge in [-0.1, -0.05) is 24.3 Å². The molecule has 1 aromatic carbocycles. The molecule has 0 N–H and O–H groups in total. The fourth-order valence-electron chi connectivity index (χ4n) is 2.86. The first kappa shape index (κ1) is 17.9. The highest BCUT2D eigenvalue weighted by Crippen LogP contribution is 2.15. The van der Waals surface area contributed by atoms with Crippen LogP contribution in [0.3, 0.4) is 0 Å². The zero-order valence-corrected chi connectivity index (χ0v) is 14.8. The molecule has 1 aromatic rings. The van der Waals surface area contributed by atoms with Crippen molar-refractivity contribution in [3.8, 4) is 0 Å². The maximum absolute atomic E-state index is 12.3. The van der Waals surface area contributed by atoms with E-state index in [-0.39, 0.29) is 18.9 Å². The van der Waals surface area contributed by atoms with Crippen molar-refractivity contribution in [2.45, 2.75) is 39.2 Å². The minimum absolute atomic E-state index is 0.0585. The summed E-state index contributed by atoms with van der Waals surface area (Å²) in [4.78, 5) is 14.1. The number of rotatable bonds is 6. The minimum atomic E-state index is -3.34. The number of carbonyl (C=O) groups is 1. The van der Waals surface area contributed by atoms with E-state index in [0.29, 0.717) is 6.54 Å². The van der Waals surface area contributed by atoms with Gasteiger partial charge in [-0.15, -0.1) is 0 Å². The van der Waals surface area contributed by atoms with Gasteiger partial charge in [-0.05, 0) is 37.3 Å². The third-order valence-corrected chi connectivity index (χ3v) is 5.61. The van der Waals surface area contributed by atoms with Gasteiger partial charge in [0.25, 0.3) is 0 Å². The van der Waals surface area contributed by atoms with Crippen LogP contribution in [0.4, 0.5) is 0 Å². The molecule has 0 unspecified atom stereocenters. The Labute approximate surface area is 139 Å². The molecule has 0 aliphatic carbocycles. The zero-order chi connectivity index (χ0) is 16.9. The van der Waals surface area contributed by atoms with E-state index in [1.54, 1.807) is 0 Å². The van der Waals surface area contributed by atoms with E-state index in [1.165, 1.54) is 17.0 Å². The Balaban J connectivity index is 1.99. The largest absolute Gasteiger partial charge is 0.343 e. The van der Waals surface area contributed by atoms with Crippen LogP contribution in [0.5, 0.6) is 0 Å². The number of hydrogen-bond donors (Lipinski definition) is 0. The first-order valence-electron chi connectivity index (χ1n) is 8.15. The number of amides is 1. The molecule has 6 heteroatoms. The van der Waals surface area contributed by atoms with Gasteiger partial charge in [-0.25, -0.2) is 8.42 Å².